The van der Waals surface area contributed by atoms with Gasteiger partial charge in [0.05, 0.1) is 59.8 Å². The van der Waals surface area contributed by atoms with Crippen LogP contribution in [0.2, 0.25) is 0 Å². The van der Waals surface area contributed by atoms with E-state index in [4.69, 9.17) is 71.1 Å². The Morgan fingerprint density at radius 2 is 1.26 bits per heavy atom. The van der Waals surface area contributed by atoms with Crippen molar-refractivity contribution in [1.82, 2.24) is 0 Å². The van der Waals surface area contributed by atoms with Gasteiger partial charge in [0.15, 0.2) is 55.0 Å². The summed E-state index contributed by atoms with van der Waals surface area (Å²) < 4.78 is 90.1. The number of Topliss-reactive ketones (excluding diaryl/α,β-unsaturated/α-hetero) is 2. The quantitative estimate of drug-likeness (QED) is 0.0698. The van der Waals surface area contributed by atoms with Crippen LogP contribution in [0, 0.1) is 12.8 Å². The molecule has 8 rings (SSSR count). The van der Waals surface area contributed by atoms with Crippen molar-refractivity contribution >= 4 is 40.2 Å². The van der Waals surface area contributed by atoms with Crippen LogP contribution in [0.15, 0.2) is 12.1 Å². The molecule has 27 heteroatoms. The molecule has 7 N–H and O–H groups in total. The summed E-state index contributed by atoms with van der Waals surface area (Å²) in [6, 6.07) is 3.04. The van der Waals surface area contributed by atoms with Crippen molar-refractivity contribution in [2.45, 2.75) is 274 Å². The van der Waals surface area contributed by atoms with Crippen molar-refractivity contribution in [3.05, 3.63) is 28.8 Å². The maximum atomic E-state index is 15.3. The third kappa shape index (κ3) is 15.2. The van der Waals surface area contributed by atoms with E-state index < -0.39 is 194 Å². The van der Waals surface area contributed by atoms with Crippen LogP contribution < -0.4 is 4.74 Å². The molecular formula is C61H88O27. The van der Waals surface area contributed by atoms with Gasteiger partial charge in [-0.1, -0.05) is 6.92 Å². The minimum atomic E-state index is -1.96. The second kappa shape index (κ2) is 28.8. The Balaban J connectivity index is 1.06. The number of esters is 3. The lowest BCUT2D eigenvalue weighted by atomic mass is 9.75. The number of aliphatic hydroxyl groups excluding tert-OH is 4. The summed E-state index contributed by atoms with van der Waals surface area (Å²) in [5.74, 6) is -6.07. The molecule has 6 aliphatic rings. The molecule has 2 aromatic rings. The van der Waals surface area contributed by atoms with Crippen LogP contribution in [0.4, 0.5) is 0 Å². The van der Waals surface area contributed by atoms with Crippen LogP contribution in [0.5, 0.6) is 17.2 Å². The van der Waals surface area contributed by atoms with Gasteiger partial charge in [0.1, 0.15) is 65.6 Å². The fourth-order valence-corrected chi connectivity index (χ4v) is 13.0. The molecule has 1 aliphatic carbocycles. The fraction of sp³-hybridized carbons (Fsp3) is 0.754. The van der Waals surface area contributed by atoms with Gasteiger partial charge in [-0.3, -0.25) is 24.0 Å². The SMILES string of the molecule is CCCC(=O)O[C@H](C)[C@H](O)C(=O)[C@@H](OC)[C@@H]1Cc2cc3cc(O[C@H]4C[C@@H](O[C@@H]5C[C@@H](O)[C@@H](OC)[C@@H](C)O5)[C@@H](OC(C)=O)[C@@H](C)O4)c(C)c(O)c3c(O)c2C(=O)[C@H]1O[C@H]1C[C@@H](O[C@H]2C[C@@H](O[C@H]3C[C@](C)(O)[C@@H](OC(C)=O)[C@H](C)O3)[C@H](O)[C@@H](C)O2)[C@H](O)[C@@H](C)O1. The number of aromatic hydroxyl groups is 2. The van der Waals surface area contributed by atoms with Crippen molar-refractivity contribution < 1.29 is 131 Å². The summed E-state index contributed by atoms with van der Waals surface area (Å²) in [7, 11) is 2.65. The predicted molar refractivity (Wildman–Crippen MR) is 301 cm³/mol. The minimum absolute atomic E-state index is 0.0122. The normalized spacial score (nSPS) is 38.1. The molecular weight excluding hydrogens is 1160 g/mol. The number of fused-ring (bicyclic) bond motifs is 2. The standard InChI is InChI=1S/C61H88O27/c1-14-15-41(65)76-27(5)52(69)55(72)58(75-13)35-17-33-16-34-18-37(84-44-22-40(57(29(7)80-44)82-31(9)62)87-42-19-36(64)56(74-12)28(6)79-42)24(2)49(66)47(34)53(70)48(33)54(71)59(35)88-45-21-38(50(67)26(4)78-45)85-43-20-39(51(68)25(3)77-43)86-46-23-61(11,73)60(30(8)81-46)83-32(10)63/h16,18,25-30,35-36,38-40,42-46,50-52,56-60,64,66-70,73H,14-15,17,19-23H2,1-13H3/t25-,26-,27-,28-,29-,30+,35+,36-,38-,39-,40-,42-,43+,44+,45+,46+,50-,51-,52+,56+,57+,58+,59+,60+,61+/m1/s1. The molecule has 5 heterocycles. The van der Waals surface area contributed by atoms with E-state index in [-0.39, 0.29) is 78.2 Å². The largest absolute Gasteiger partial charge is 0.507 e. The maximum absolute atomic E-state index is 15.3. The molecule has 5 fully saturated rings. The molecule has 2 aromatic carbocycles. The first-order valence-electron chi connectivity index (χ1n) is 30.1. The second-order valence-corrected chi connectivity index (χ2v) is 24.3. The Kier molecular flexibility index (Phi) is 22.6. The lowest BCUT2D eigenvalue weighted by Crippen LogP contribution is -2.59. The number of rotatable bonds is 21. The molecule has 27 nitrogen and oxygen atoms in total. The van der Waals surface area contributed by atoms with Crippen molar-refractivity contribution in [1.29, 1.82) is 0 Å². The number of benzene rings is 2. The van der Waals surface area contributed by atoms with Crippen molar-refractivity contribution in [2.75, 3.05) is 14.2 Å². The number of methoxy groups -OCH3 is 2. The number of phenolic OH excluding ortho intramolecular Hbond substituents is 2. The zero-order chi connectivity index (χ0) is 64.5. The number of phenols is 2. The van der Waals surface area contributed by atoms with Crippen LogP contribution in [0.1, 0.15) is 136 Å². The van der Waals surface area contributed by atoms with Crippen molar-refractivity contribution in [3.8, 4) is 17.2 Å². The number of carbonyl (C=O) groups is 5. The number of hydrogen-bond acceptors (Lipinski definition) is 27. The van der Waals surface area contributed by atoms with Gasteiger partial charge in [-0.2, -0.15) is 0 Å². The molecule has 0 aromatic heterocycles. The van der Waals surface area contributed by atoms with E-state index in [0.717, 1.165) is 0 Å². The van der Waals surface area contributed by atoms with Gasteiger partial charge in [-0.25, -0.2) is 0 Å². The van der Waals surface area contributed by atoms with Gasteiger partial charge >= 0.3 is 17.9 Å². The van der Waals surface area contributed by atoms with Crippen LogP contribution in [-0.2, 0) is 91.9 Å². The van der Waals surface area contributed by atoms with Gasteiger partial charge in [-0.05, 0) is 91.3 Å². The van der Waals surface area contributed by atoms with Crippen LogP contribution >= 0.6 is 0 Å². The van der Waals surface area contributed by atoms with E-state index in [1.165, 1.54) is 67.9 Å². The Morgan fingerprint density at radius 1 is 0.716 bits per heavy atom. The molecule has 0 spiro atoms. The summed E-state index contributed by atoms with van der Waals surface area (Å²) >= 11 is 0. The van der Waals surface area contributed by atoms with Gasteiger partial charge < -0.3 is 107 Å². The van der Waals surface area contributed by atoms with Crippen LogP contribution in [0.25, 0.3) is 10.8 Å². The monoisotopic (exact) mass is 1250 g/mol. The Morgan fingerprint density at radius 3 is 1.84 bits per heavy atom. The van der Waals surface area contributed by atoms with Crippen LogP contribution in [-0.4, -0.2) is 226 Å². The molecule has 25 atom stereocenters. The van der Waals surface area contributed by atoms with Gasteiger partial charge in [0.2, 0.25) is 6.29 Å². The summed E-state index contributed by atoms with van der Waals surface area (Å²) in [6.07, 6.45) is -25.6. The van der Waals surface area contributed by atoms with Gasteiger partial charge in [0, 0.05) is 78.1 Å². The average molecular weight is 1250 g/mol. The van der Waals surface area contributed by atoms with E-state index in [2.05, 4.69) is 0 Å². The van der Waals surface area contributed by atoms with E-state index in [0.29, 0.717) is 6.42 Å². The lowest BCUT2D eigenvalue weighted by molar-refractivity contribution is -0.334. The molecule has 88 heavy (non-hydrogen) atoms. The van der Waals surface area contributed by atoms with E-state index in [1.807, 2.05) is 0 Å². The molecule has 5 saturated heterocycles. The number of aliphatic hydroxyl groups is 5. The highest BCUT2D eigenvalue weighted by atomic mass is 16.7. The lowest BCUT2D eigenvalue weighted by Gasteiger charge is -2.46. The zero-order valence-corrected chi connectivity index (χ0v) is 52.0. The highest BCUT2D eigenvalue weighted by molar-refractivity contribution is 6.11. The molecule has 0 saturated carbocycles. The molecule has 5 aliphatic heterocycles. The maximum Gasteiger partial charge on any atom is 0.306 e. The minimum Gasteiger partial charge on any atom is -0.507 e. The third-order valence-electron chi connectivity index (χ3n) is 17.4. The predicted octanol–water partition coefficient (Wildman–Crippen LogP) is 2.90. The summed E-state index contributed by atoms with van der Waals surface area (Å²) in [5, 5.41) is 80.7. The van der Waals surface area contributed by atoms with E-state index in [9.17, 15) is 54.9 Å². The number of hydrogen-bond donors (Lipinski definition) is 7. The van der Waals surface area contributed by atoms with Crippen molar-refractivity contribution in [3.63, 3.8) is 0 Å². The molecule has 0 amide bonds. The molecule has 0 radical (unpaired) electrons. The summed E-state index contributed by atoms with van der Waals surface area (Å²) in [6.45, 7) is 16.7. The number of carbonyl (C=O) groups excluding carboxylic acids is 5. The van der Waals surface area contributed by atoms with Crippen LogP contribution in [0.3, 0.4) is 0 Å². The highest BCUT2D eigenvalue weighted by Crippen LogP contribution is 2.48. The van der Waals surface area contributed by atoms with Gasteiger partial charge in [-0.15, -0.1) is 0 Å². The smallest absolute Gasteiger partial charge is 0.306 e. The summed E-state index contributed by atoms with van der Waals surface area (Å²) in [4.78, 5) is 66.5. The second-order valence-electron chi connectivity index (χ2n) is 24.3. The molecule has 494 valence electrons. The Labute approximate surface area is 510 Å². The topological polar surface area (TPSA) is 365 Å². The Hall–Kier alpha value is -4.79. The Bertz CT molecular complexity index is 2780. The first-order chi connectivity index (χ1) is 41.4. The summed E-state index contributed by atoms with van der Waals surface area (Å²) in [5.41, 5.74) is -1.56. The van der Waals surface area contributed by atoms with E-state index >= 15 is 4.79 Å². The molecule has 0 unspecified atom stereocenters. The highest BCUT2D eigenvalue weighted by Gasteiger charge is 2.53. The first-order valence-corrected chi connectivity index (χ1v) is 30.1. The van der Waals surface area contributed by atoms with Crippen molar-refractivity contribution in [2.24, 2.45) is 5.92 Å². The average Bonchev–Trinajstić information content (AvgIpc) is 0.761. The first kappa shape index (κ1) is 69.1. The van der Waals surface area contributed by atoms with E-state index in [1.54, 1.807) is 34.6 Å². The number of ether oxygens (including phenoxy) is 15. The molecule has 0 bridgehead atoms. The third-order valence-corrected chi connectivity index (χ3v) is 17.4. The number of ketones is 2. The van der Waals surface area contributed by atoms with Gasteiger partial charge in [0.25, 0.3) is 0 Å². The zero-order valence-electron chi connectivity index (χ0n) is 52.0. The fourth-order valence-electron chi connectivity index (χ4n) is 13.0.